The van der Waals surface area contributed by atoms with Crippen LogP contribution in [0.15, 0.2) is 5.38 Å². The first-order valence-corrected chi connectivity index (χ1v) is 9.19. The van der Waals surface area contributed by atoms with Gasteiger partial charge in [0.25, 0.3) is 5.91 Å². The predicted octanol–water partition coefficient (Wildman–Crippen LogP) is 3.58. The molecule has 0 spiro atoms. The van der Waals surface area contributed by atoms with Gasteiger partial charge in [-0.3, -0.25) is 4.79 Å². The second-order valence-corrected chi connectivity index (χ2v) is 8.73. The van der Waals surface area contributed by atoms with Gasteiger partial charge in [0.15, 0.2) is 0 Å². The highest BCUT2D eigenvalue weighted by Crippen LogP contribution is 2.40. The molecular weight excluding hydrogens is 292 g/mol. The van der Waals surface area contributed by atoms with Crippen molar-refractivity contribution in [1.29, 1.82) is 0 Å². The number of hydrogen-bond donors (Lipinski definition) is 1. The van der Waals surface area contributed by atoms with Crippen LogP contribution in [0, 0.1) is 11.3 Å². The minimum absolute atomic E-state index is 0.116. The molecule has 1 aliphatic carbocycles. The van der Waals surface area contributed by atoms with Gasteiger partial charge in [0.1, 0.15) is 0 Å². The summed E-state index contributed by atoms with van der Waals surface area (Å²) in [5.41, 5.74) is 2.60. The Morgan fingerprint density at radius 3 is 2.77 bits per heavy atom. The molecule has 0 bridgehead atoms. The van der Waals surface area contributed by atoms with Crippen molar-refractivity contribution < 1.29 is 4.79 Å². The van der Waals surface area contributed by atoms with E-state index in [4.69, 9.17) is 0 Å². The Bertz CT molecular complexity index is 514. The van der Waals surface area contributed by atoms with E-state index in [1.54, 1.807) is 11.3 Å². The maximum absolute atomic E-state index is 12.4. The molecule has 1 amide bonds. The van der Waals surface area contributed by atoms with E-state index in [1.165, 1.54) is 16.9 Å². The highest BCUT2D eigenvalue weighted by molar-refractivity contribution is 7.10. The van der Waals surface area contributed by atoms with E-state index in [-0.39, 0.29) is 5.91 Å². The van der Waals surface area contributed by atoms with Gasteiger partial charge in [-0.25, -0.2) is 0 Å². The zero-order chi connectivity index (χ0) is 16.3. The third kappa shape index (κ3) is 4.32. The average Bonchev–Trinajstić information content (AvgIpc) is 2.85. The lowest BCUT2D eigenvalue weighted by molar-refractivity contribution is 0.0951. The van der Waals surface area contributed by atoms with Crippen LogP contribution in [0.3, 0.4) is 0 Å². The molecule has 0 radical (unpaired) electrons. The quantitative estimate of drug-likeness (QED) is 0.840. The van der Waals surface area contributed by atoms with Crippen LogP contribution in [0.2, 0.25) is 0 Å². The molecule has 1 heterocycles. The molecular formula is C18H30N2OS. The van der Waals surface area contributed by atoms with Gasteiger partial charge in [-0.2, -0.15) is 0 Å². The van der Waals surface area contributed by atoms with E-state index in [1.807, 2.05) is 0 Å². The molecule has 1 unspecified atom stereocenters. The van der Waals surface area contributed by atoms with Crippen LogP contribution in [0.25, 0.3) is 0 Å². The normalized spacial score (nSPS) is 18.4. The Morgan fingerprint density at radius 1 is 1.41 bits per heavy atom. The summed E-state index contributed by atoms with van der Waals surface area (Å²) in [7, 11) is 4.12. The molecule has 4 heteroatoms. The molecule has 0 fully saturated rings. The number of hydrogen-bond acceptors (Lipinski definition) is 3. The van der Waals surface area contributed by atoms with Crippen molar-refractivity contribution in [3.05, 3.63) is 21.4 Å². The van der Waals surface area contributed by atoms with Crippen molar-refractivity contribution in [3.63, 3.8) is 0 Å². The Hall–Kier alpha value is -0.870. The number of carbonyl (C=O) groups excluding carboxylic acids is 1. The maximum Gasteiger partial charge on any atom is 0.252 e. The summed E-state index contributed by atoms with van der Waals surface area (Å²) in [6.07, 6.45) is 4.39. The molecule has 1 atom stereocenters. The number of nitrogens with zero attached hydrogens (tertiary/aromatic N) is 1. The number of nitrogens with one attached hydrogen (secondary N) is 1. The van der Waals surface area contributed by atoms with Crippen molar-refractivity contribution in [2.24, 2.45) is 11.3 Å². The van der Waals surface area contributed by atoms with E-state index >= 15 is 0 Å². The summed E-state index contributed by atoms with van der Waals surface area (Å²) in [5.74, 6) is 0.847. The van der Waals surface area contributed by atoms with Gasteiger partial charge < -0.3 is 10.2 Å². The monoisotopic (exact) mass is 322 g/mol. The summed E-state index contributed by atoms with van der Waals surface area (Å²) in [6, 6.07) is 0. The lowest BCUT2D eigenvalue weighted by Crippen LogP contribution is -2.29. The minimum atomic E-state index is 0.116. The van der Waals surface area contributed by atoms with Crippen molar-refractivity contribution in [1.82, 2.24) is 10.2 Å². The van der Waals surface area contributed by atoms with E-state index in [0.717, 1.165) is 43.8 Å². The first-order chi connectivity index (χ1) is 10.3. The molecule has 0 aromatic carbocycles. The number of rotatable bonds is 5. The van der Waals surface area contributed by atoms with Gasteiger partial charge in [0, 0.05) is 16.8 Å². The lowest BCUT2D eigenvalue weighted by Gasteiger charge is -2.34. The van der Waals surface area contributed by atoms with Crippen LogP contribution in [0.1, 0.15) is 54.4 Å². The van der Waals surface area contributed by atoms with Crippen molar-refractivity contribution in [2.75, 3.05) is 27.2 Å². The smallest absolute Gasteiger partial charge is 0.252 e. The second kappa shape index (κ2) is 7.14. The average molecular weight is 323 g/mol. The Balaban J connectivity index is 1.95. The highest BCUT2D eigenvalue weighted by atomic mass is 32.1. The number of carbonyl (C=O) groups is 1. The number of fused-ring (bicyclic) bond motifs is 1. The van der Waals surface area contributed by atoms with Crippen LogP contribution in [-0.4, -0.2) is 38.0 Å². The maximum atomic E-state index is 12.4. The molecule has 3 nitrogen and oxygen atoms in total. The van der Waals surface area contributed by atoms with Gasteiger partial charge in [-0.05, 0) is 63.2 Å². The molecule has 1 aromatic heterocycles. The van der Waals surface area contributed by atoms with Crippen LogP contribution >= 0.6 is 11.3 Å². The van der Waals surface area contributed by atoms with E-state index < -0.39 is 0 Å². The molecule has 2 rings (SSSR count). The predicted molar refractivity (Wildman–Crippen MR) is 94.8 cm³/mol. The van der Waals surface area contributed by atoms with Crippen molar-refractivity contribution in [2.45, 2.75) is 46.5 Å². The zero-order valence-electron chi connectivity index (χ0n) is 14.7. The lowest BCUT2D eigenvalue weighted by atomic mass is 9.72. The Labute approximate surface area is 139 Å². The third-order valence-electron chi connectivity index (χ3n) is 4.69. The number of thiophene rings is 1. The Kier molecular flexibility index (Phi) is 5.67. The summed E-state index contributed by atoms with van der Waals surface area (Å²) >= 11 is 1.78. The van der Waals surface area contributed by atoms with E-state index in [0.29, 0.717) is 5.41 Å². The van der Waals surface area contributed by atoms with Crippen LogP contribution in [0.5, 0.6) is 0 Å². The fourth-order valence-electron chi connectivity index (χ4n) is 3.13. The molecule has 1 aliphatic rings. The van der Waals surface area contributed by atoms with Crippen LogP contribution < -0.4 is 5.32 Å². The first-order valence-electron chi connectivity index (χ1n) is 8.31. The SMILES string of the molecule is CN(C)CCCNC(=O)c1csc2c1CCC(C(C)(C)C)C2. The fourth-order valence-corrected chi connectivity index (χ4v) is 4.30. The largest absolute Gasteiger partial charge is 0.352 e. The van der Waals surface area contributed by atoms with Gasteiger partial charge in [-0.1, -0.05) is 20.8 Å². The molecule has 0 saturated heterocycles. The highest BCUT2D eigenvalue weighted by Gasteiger charge is 2.31. The second-order valence-electron chi connectivity index (χ2n) is 7.77. The molecule has 124 valence electrons. The number of amides is 1. The van der Waals surface area contributed by atoms with E-state index in [2.05, 4.69) is 50.5 Å². The standard InChI is InChI=1S/C18H30N2OS/c1-18(2,3)13-7-8-14-15(12-22-16(14)11-13)17(21)19-9-6-10-20(4)5/h12-13H,6-11H2,1-5H3,(H,19,21). The van der Waals surface area contributed by atoms with Crippen LogP contribution in [0.4, 0.5) is 0 Å². The molecule has 1 aromatic rings. The van der Waals surface area contributed by atoms with Gasteiger partial charge in [0.05, 0.1) is 5.56 Å². The first kappa shape index (κ1) is 17.5. The molecule has 0 aliphatic heterocycles. The van der Waals surface area contributed by atoms with E-state index in [9.17, 15) is 4.79 Å². The van der Waals surface area contributed by atoms with Gasteiger partial charge in [-0.15, -0.1) is 11.3 Å². The molecule has 1 N–H and O–H groups in total. The summed E-state index contributed by atoms with van der Waals surface area (Å²) in [6.45, 7) is 8.75. The van der Waals surface area contributed by atoms with Crippen LogP contribution in [-0.2, 0) is 12.8 Å². The topological polar surface area (TPSA) is 32.3 Å². The summed E-state index contributed by atoms with van der Waals surface area (Å²) < 4.78 is 0. The molecule has 0 saturated carbocycles. The Morgan fingerprint density at radius 2 is 2.14 bits per heavy atom. The molecule has 22 heavy (non-hydrogen) atoms. The summed E-state index contributed by atoms with van der Waals surface area (Å²) in [4.78, 5) is 16.0. The third-order valence-corrected chi connectivity index (χ3v) is 5.74. The van der Waals surface area contributed by atoms with Crippen molar-refractivity contribution >= 4 is 17.2 Å². The minimum Gasteiger partial charge on any atom is -0.352 e. The van der Waals surface area contributed by atoms with Crippen molar-refractivity contribution in [3.8, 4) is 0 Å². The zero-order valence-corrected chi connectivity index (χ0v) is 15.5. The summed E-state index contributed by atoms with van der Waals surface area (Å²) in [5, 5.41) is 5.14. The van der Waals surface area contributed by atoms with Gasteiger partial charge in [0.2, 0.25) is 0 Å². The van der Waals surface area contributed by atoms with Gasteiger partial charge >= 0.3 is 0 Å². The fraction of sp³-hybridized carbons (Fsp3) is 0.722.